The van der Waals surface area contributed by atoms with Gasteiger partial charge in [-0.3, -0.25) is 0 Å². The molecule has 0 saturated heterocycles. The van der Waals surface area contributed by atoms with Crippen molar-refractivity contribution in [1.82, 2.24) is 9.97 Å². The largest absolute Gasteiger partial charge is 0.244 e. The molecule has 0 atom stereocenters. The van der Waals surface area contributed by atoms with Gasteiger partial charge in [0.05, 0.1) is 22.4 Å². The minimum Gasteiger partial charge on any atom is -0.244 e. The van der Waals surface area contributed by atoms with Crippen LogP contribution in [0.3, 0.4) is 0 Å². The van der Waals surface area contributed by atoms with Crippen molar-refractivity contribution in [2.75, 3.05) is 0 Å². The lowest BCUT2D eigenvalue weighted by atomic mass is 9.91. The second-order valence-electron chi connectivity index (χ2n) is 12.1. The average Bonchev–Trinajstić information content (AvgIpc) is 3.53. The molecule has 3 heteroatoms. The summed E-state index contributed by atoms with van der Waals surface area (Å²) in [6, 6.07) is 56.5. The molecule has 0 bridgehead atoms. The molecule has 2 heterocycles. The van der Waals surface area contributed by atoms with E-state index < -0.39 is 0 Å². The monoisotopic (exact) mass is 614 g/mol. The molecule has 8 aromatic carbocycles. The zero-order valence-electron chi connectivity index (χ0n) is 25.3. The van der Waals surface area contributed by atoms with Gasteiger partial charge in [0.2, 0.25) is 0 Å². The number of thiophene rings is 1. The van der Waals surface area contributed by atoms with Crippen molar-refractivity contribution in [2.45, 2.75) is 0 Å². The number of hydrogen-bond acceptors (Lipinski definition) is 3. The van der Waals surface area contributed by atoms with E-state index in [0.29, 0.717) is 0 Å². The van der Waals surface area contributed by atoms with Gasteiger partial charge in [-0.1, -0.05) is 140 Å². The summed E-state index contributed by atoms with van der Waals surface area (Å²) >= 11 is 1.88. The fourth-order valence-electron chi connectivity index (χ4n) is 7.21. The molecule has 0 radical (unpaired) electrons. The van der Waals surface area contributed by atoms with E-state index in [1.54, 1.807) is 0 Å². The normalized spacial score (nSPS) is 11.8. The molecular formula is C44H26N2S. The van der Waals surface area contributed by atoms with Crippen LogP contribution >= 0.6 is 11.3 Å². The Kier molecular flexibility index (Phi) is 5.78. The molecule has 0 unspecified atom stereocenters. The summed E-state index contributed by atoms with van der Waals surface area (Å²) in [4.78, 5) is 10.7. The first kappa shape index (κ1) is 26.3. The van der Waals surface area contributed by atoms with E-state index in [9.17, 15) is 0 Å². The number of fused-ring (bicyclic) bond motifs is 9. The smallest absolute Gasteiger partial charge is 0.0979 e. The maximum Gasteiger partial charge on any atom is 0.0979 e. The summed E-state index contributed by atoms with van der Waals surface area (Å²) in [6.45, 7) is 0. The van der Waals surface area contributed by atoms with Crippen LogP contribution in [0.2, 0.25) is 0 Å². The van der Waals surface area contributed by atoms with Crippen LogP contribution in [0.25, 0.3) is 97.2 Å². The van der Waals surface area contributed by atoms with E-state index in [1.807, 2.05) is 17.4 Å². The van der Waals surface area contributed by atoms with E-state index in [-0.39, 0.29) is 0 Å². The van der Waals surface area contributed by atoms with Gasteiger partial charge in [0.1, 0.15) is 0 Å². The van der Waals surface area contributed by atoms with Crippen LogP contribution < -0.4 is 0 Å². The zero-order chi connectivity index (χ0) is 30.9. The van der Waals surface area contributed by atoms with Crippen molar-refractivity contribution in [3.63, 3.8) is 0 Å². The number of rotatable bonds is 3. The Morgan fingerprint density at radius 3 is 1.94 bits per heavy atom. The van der Waals surface area contributed by atoms with Crippen LogP contribution in [0.4, 0.5) is 0 Å². The average molecular weight is 615 g/mol. The van der Waals surface area contributed by atoms with Crippen molar-refractivity contribution < 1.29 is 0 Å². The second kappa shape index (κ2) is 10.3. The molecule has 0 fully saturated rings. The fraction of sp³-hybridized carbons (Fsp3) is 0. The SMILES string of the molecule is c1ccc(-c2nc3ccc4ccccc4c3nc2-c2ccc(-c3ccc4c(ccc5c6ccccc6sc45)c3)c3ccccc23)cc1. The summed E-state index contributed by atoms with van der Waals surface area (Å²) in [7, 11) is 0. The lowest BCUT2D eigenvalue weighted by Gasteiger charge is -2.16. The predicted octanol–water partition coefficient (Wildman–Crippen LogP) is 12.5. The van der Waals surface area contributed by atoms with Gasteiger partial charge < -0.3 is 0 Å². The van der Waals surface area contributed by atoms with E-state index in [2.05, 4.69) is 152 Å². The van der Waals surface area contributed by atoms with Gasteiger partial charge in [-0.05, 0) is 56.3 Å². The molecular weight excluding hydrogens is 589 g/mol. The molecule has 0 spiro atoms. The number of nitrogens with zero attached hydrogens (tertiary/aromatic N) is 2. The maximum atomic E-state index is 5.43. The summed E-state index contributed by atoms with van der Waals surface area (Å²) in [6.07, 6.45) is 0. The van der Waals surface area contributed by atoms with Gasteiger partial charge in [0.25, 0.3) is 0 Å². The van der Waals surface area contributed by atoms with E-state index >= 15 is 0 Å². The van der Waals surface area contributed by atoms with Crippen LogP contribution in [-0.4, -0.2) is 9.97 Å². The third-order valence-corrected chi connectivity index (χ3v) is 10.7. The van der Waals surface area contributed by atoms with E-state index in [1.165, 1.54) is 47.5 Å². The van der Waals surface area contributed by atoms with Gasteiger partial charge >= 0.3 is 0 Å². The highest BCUT2D eigenvalue weighted by atomic mass is 32.1. The Hall–Kier alpha value is -5.90. The molecule has 0 amide bonds. The summed E-state index contributed by atoms with van der Waals surface area (Å²) in [5, 5.41) is 9.87. The Balaban J connectivity index is 1.20. The van der Waals surface area contributed by atoms with Crippen LogP contribution in [0.1, 0.15) is 0 Å². The molecule has 2 aromatic heterocycles. The Morgan fingerprint density at radius 2 is 1.06 bits per heavy atom. The predicted molar refractivity (Wildman–Crippen MR) is 201 cm³/mol. The first-order chi connectivity index (χ1) is 23.3. The topological polar surface area (TPSA) is 25.8 Å². The highest BCUT2D eigenvalue weighted by Gasteiger charge is 2.18. The highest BCUT2D eigenvalue weighted by molar-refractivity contribution is 7.26. The lowest BCUT2D eigenvalue weighted by molar-refractivity contribution is 1.30. The van der Waals surface area contributed by atoms with Crippen LogP contribution in [0, 0.1) is 0 Å². The first-order valence-electron chi connectivity index (χ1n) is 15.9. The molecule has 47 heavy (non-hydrogen) atoms. The Bertz CT molecular complexity index is 2850. The first-order valence-corrected chi connectivity index (χ1v) is 16.7. The maximum absolute atomic E-state index is 5.43. The van der Waals surface area contributed by atoms with Crippen molar-refractivity contribution in [1.29, 1.82) is 0 Å². The molecule has 0 saturated carbocycles. The standard InChI is InChI=1S/C44H26N2S/c1-2-11-28(12-3-1)41-43(46-42-32-13-5-4-10-27(32)20-25-39(42)45-41)37-24-23-31(34-14-6-7-15-35(34)37)29-18-21-33-30(26-29)19-22-38-36-16-8-9-17-40(36)47-44(33)38/h1-26H. The Morgan fingerprint density at radius 1 is 0.383 bits per heavy atom. The molecule has 10 rings (SSSR count). The summed E-state index contributed by atoms with van der Waals surface area (Å²) < 4.78 is 2.69. The van der Waals surface area contributed by atoms with Crippen molar-refractivity contribution in [2.24, 2.45) is 0 Å². The number of hydrogen-bond donors (Lipinski definition) is 0. The molecule has 0 aliphatic rings. The minimum absolute atomic E-state index is 0.893. The van der Waals surface area contributed by atoms with Crippen molar-refractivity contribution in [3.05, 3.63) is 158 Å². The van der Waals surface area contributed by atoms with E-state index in [4.69, 9.17) is 9.97 Å². The quantitative estimate of drug-likeness (QED) is 0.185. The third kappa shape index (κ3) is 4.10. The molecule has 2 nitrogen and oxygen atoms in total. The zero-order valence-corrected chi connectivity index (χ0v) is 26.1. The lowest BCUT2D eigenvalue weighted by Crippen LogP contribution is -1.97. The van der Waals surface area contributed by atoms with Gasteiger partial charge in [-0.15, -0.1) is 11.3 Å². The van der Waals surface area contributed by atoms with Gasteiger partial charge in [-0.25, -0.2) is 9.97 Å². The Labute approximate surface area is 275 Å². The third-order valence-electron chi connectivity index (χ3n) is 9.46. The number of benzene rings is 8. The van der Waals surface area contributed by atoms with Crippen LogP contribution in [0.5, 0.6) is 0 Å². The van der Waals surface area contributed by atoms with Crippen molar-refractivity contribution in [3.8, 4) is 33.6 Å². The van der Waals surface area contributed by atoms with Crippen LogP contribution in [-0.2, 0) is 0 Å². The number of aromatic nitrogens is 2. The minimum atomic E-state index is 0.893. The molecule has 0 N–H and O–H groups in total. The molecule has 218 valence electrons. The molecule has 10 aromatic rings. The van der Waals surface area contributed by atoms with Gasteiger partial charge in [-0.2, -0.15) is 0 Å². The second-order valence-corrected chi connectivity index (χ2v) is 13.2. The van der Waals surface area contributed by atoms with Crippen molar-refractivity contribution >= 4 is 74.9 Å². The fourth-order valence-corrected chi connectivity index (χ4v) is 8.45. The highest BCUT2D eigenvalue weighted by Crippen LogP contribution is 2.42. The van der Waals surface area contributed by atoms with Gasteiger partial charge in [0, 0.05) is 36.7 Å². The van der Waals surface area contributed by atoms with Gasteiger partial charge in [0.15, 0.2) is 0 Å². The molecule has 0 aliphatic carbocycles. The summed E-state index contributed by atoms with van der Waals surface area (Å²) in [5.41, 5.74) is 8.17. The molecule has 0 aliphatic heterocycles. The van der Waals surface area contributed by atoms with Crippen LogP contribution in [0.15, 0.2) is 158 Å². The summed E-state index contributed by atoms with van der Waals surface area (Å²) in [5.74, 6) is 0. The van der Waals surface area contributed by atoms with E-state index in [0.717, 1.165) is 49.7 Å².